The van der Waals surface area contributed by atoms with Crippen molar-refractivity contribution < 1.29 is 9.63 Å². The van der Waals surface area contributed by atoms with Crippen LogP contribution in [0.1, 0.15) is 30.6 Å². The van der Waals surface area contributed by atoms with E-state index < -0.39 is 11.5 Å². The summed E-state index contributed by atoms with van der Waals surface area (Å²) in [7, 11) is 1.44. The molecule has 150 valence electrons. The number of benzene rings is 2. The third-order valence-electron chi connectivity index (χ3n) is 4.66. The number of aromatic nitrogens is 2. The zero-order chi connectivity index (χ0) is 20.8. The SMILES string of the molecule is CON(CCC(C)C)C(=O)c1c(-c2ccccc2)c(-c2ccccc2)n[nH]c1=O. The highest BCUT2D eigenvalue weighted by Crippen LogP contribution is 2.32. The summed E-state index contributed by atoms with van der Waals surface area (Å²) in [5, 5.41) is 8.01. The number of hydrogen-bond acceptors (Lipinski definition) is 4. The fourth-order valence-corrected chi connectivity index (χ4v) is 3.12. The summed E-state index contributed by atoms with van der Waals surface area (Å²) in [4.78, 5) is 31.4. The Morgan fingerprint density at radius 3 is 2.17 bits per heavy atom. The Labute approximate surface area is 170 Å². The minimum atomic E-state index is -0.542. The molecule has 1 amide bonds. The molecule has 0 aliphatic rings. The van der Waals surface area contributed by atoms with Gasteiger partial charge in [0.2, 0.25) is 0 Å². The number of amides is 1. The molecular weight excluding hydrogens is 366 g/mol. The summed E-state index contributed by atoms with van der Waals surface area (Å²) in [5.74, 6) is -0.0857. The van der Waals surface area contributed by atoms with Crippen LogP contribution < -0.4 is 5.56 Å². The average molecular weight is 391 g/mol. The summed E-state index contributed by atoms with van der Waals surface area (Å²) < 4.78 is 0. The quantitative estimate of drug-likeness (QED) is 0.614. The molecule has 2 aromatic carbocycles. The fourth-order valence-electron chi connectivity index (χ4n) is 3.12. The molecule has 0 atom stereocenters. The first-order chi connectivity index (χ1) is 14.0. The third kappa shape index (κ3) is 4.60. The topological polar surface area (TPSA) is 75.3 Å². The number of aromatic amines is 1. The van der Waals surface area contributed by atoms with Crippen LogP contribution >= 0.6 is 0 Å². The molecule has 0 saturated heterocycles. The molecule has 0 saturated carbocycles. The van der Waals surface area contributed by atoms with Gasteiger partial charge < -0.3 is 0 Å². The van der Waals surface area contributed by atoms with Crippen molar-refractivity contribution in [3.05, 3.63) is 76.6 Å². The Bertz CT molecular complexity index is 1010. The van der Waals surface area contributed by atoms with Crippen LogP contribution in [0.4, 0.5) is 0 Å². The van der Waals surface area contributed by atoms with Gasteiger partial charge in [0.05, 0.1) is 12.8 Å². The Morgan fingerprint density at radius 2 is 1.62 bits per heavy atom. The van der Waals surface area contributed by atoms with E-state index in [0.29, 0.717) is 23.7 Å². The van der Waals surface area contributed by atoms with Crippen molar-refractivity contribution in [1.82, 2.24) is 15.3 Å². The van der Waals surface area contributed by atoms with Gasteiger partial charge in [0.25, 0.3) is 11.5 Å². The Morgan fingerprint density at radius 1 is 1.03 bits per heavy atom. The van der Waals surface area contributed by atoms with Gasteiger partial charge in [-0.2, -0.15) is 5.10 Å². The van der Waals surface area contributed by atoms with E-state index in [0.717, 1.165) is 17.5 Å². The molecule has 0 bridgehead atoms. The first kappa shape index (κ1) is 20.5. The van der Waals surface area contributed by atoms with E-state index in [9.17, 15) is 9.59 Å². The Kier molecular flexibility index (Phi) is 6.57. The summed E-state index contributed by atoms with van der Waals surface area (Å²) in [5.41, 5.74) is 2.07. The normalized spacial score (nSPS) is 10.9. The number of rotatable bonds is 7. The van der Waals surface area contributed by atoms with E-state index in [4.69, 9.17) is 4.84 Å². The van der Waals surface area contributed by atoms with Crippen molar-refractivity contribution in [2.75, 3.05) is 13.7 Å². The zero-order valence-corrected chi connectivity index (χ0v) is 16.9. The minimum absolute atomic E-state index is 0.0238. The first-order valence-electron chi connectivity index (χ1n) is 9.62. The van der Waals surface area contributed by atoms with E-state index in [2.05, 4.69) is 24.0 Å². The summed E-state index contributed by atoms with van der Waals surface area (Å²) in [6.07, 6.45) is 0.759. The van der Waals surface area contributed by atoms with E-state index >= 15 is 0 Å². The van der Waals surface area contributed by atoms with E-state index in [1.54, 1.807) is 0 Å². The molecule has 6 nitrogen and oxygen atoms in total. The molecular formula is C23H25N3O3. The highest BCUT2D eigenvalue weighted by molar-refractivity contribution is 6.03. The second kappa shape index (κ2) is 9.30. The van der Waals surface area contributed by atoms with Gasteiger partial charge >= 0.3 is 0 Å². The highest BCUT2D eigenvalue weighted by Gasteiger charge is 2.27. The van der Waals surface area contributed by atoms with E-state index in [-0.39, 0.29) is 5.56 Å². The predicted octanol–water partition coefficient (Wildman–Crippen LogP) is 4.15. The van der Waals surface area contributed by atoms with Crippen LogP contribution in [-0.2, 0) is 4.84 Å². The molecule has 6 heteroatoms. The molecule has 3 aromatic rings. The lowest BCUT2D eigenvalue weighted by Crippen LogP contribution is -2.36. The van der Waals surface area contributed by atoms with Gasteiger partial charge in [-0.25, -0.2) is 10.2 Å². The van der Waals surface area contributed by atoms with Crippen molar-refractivity contribution in [3.8, 4) is 22.4 Å². The van der Waals surface area contributed by atoms with Crippen LogP contribution in [0.3, 0.4) is 0 Å². The molecule has 0 fully saturated rings. The molecule has 0 unspecified atom stereocenters. The standard InChI is InChI=1S/C23H25N3O3/c1-16(2)14-15-26(29-3)23(28)20-19(17-10-6-4-7-11-17)21(24-25-22(20)27)18-12-8-5-9-13-18/h4-13,16H,14-15H2,1-3H3,(H,25,27). The van der Waals surface area contributed by atoms with Crippen molar-refractivity contribution in [2.45, 2.75) is 20.3 Å². The summed E-state index contributed by atoms with van der Waals surface area (Å²) in [6.45, 7) is 4.53. The van der Waals surface area contributed by atoms with Crippen LogP contribution in [0.5, 0.6) is 0 Å². The van der Waals surface area contributed by atoms with Crippen LogP contribution in [0.25, 0.3) is 22.4 Å². The van der Waals surface area contributed by atoms with Gasteiger partial charge in [0, 0.05) is 17.7 Å². The summed E-state index contributed by atoms with van der Waals surface area (Å²) >= 11 is 0. The maximum atomic E-state index is 13.3. The van der Waals surface area contributed by atoms with Gasteiger partial charge in [-0.1, -0.05) is 74.5 Å². The van der Waals surface area contributed by atoms with Crippen LogP contribution in [0, 0.1) is 5.92 Å². The molecule has 1 aromatic heterocycles. The average Bonchev–Trinajstić information content (AvgIpc) is 2.74. The van der Waals surface area contributed by atoms with Crippen molar-refractivity contribution in [2.24, 2.45) is 5.92 Å². The first-order valence-corrected chi connectivity index (χ1v) is 9.62. The van der Waals surface area contributed by atoms with Crippen LogP contribution in [0.15, 0.2) is 65.5 Å². The maximum absolute atomic E-state index is 13.3. The van der Waals surface area contributed by atoms with Crippen LogP contribution in [0.2, 0.25) is 0 Å². The van der Waals surface area contributed by atoms with E-state index in [1.165, 1.54) is 12.2 Å². The molecule has 29 heavy (non-hydrogen) atoms. The van der Waals surface area contributed by atoms with Crippen molar-refractivity contribution in [1.29, 1.82) is 0 Å². The molecule has 0 spiro atoms. The number of carbonyl (C=O) groups is 1. The predicted molar refractivity (Wildman–Crippen MR) is 113 cm³/mol. The smallest absolute Gasteiger partial charge is 0.274 e. The molecule has 0 radical (unpaired) electrons. The number of nitrogens with zero attached hydrogens (tertiary/aromatic N) is 2. The van der Waals surface area contributed by atoms with Gasteiger partial charge in [0.1, 0.15) is 5.56 Å². The van der Waals surface area contributed by atoms with Gasteiger partial charge in [-0.05, 0) is 17.9 Å². The lowest BCUT2D eigenvalue weighted by atomic mass is 9.95. The fraction of sp³-hybridized carbons (Fsp3) is 0.261. The number of nitrogens with one attached hydrogen (secondary N) is 1. The zero-order valence-electron chi connectivity index (χ0n) is 16.9. The monoisotopic (exact) mass is 391 g/mol. The number of hydroxylamine groups is 2. The second-order valence-corrected chi connectivity index (χ2v) is 7.16. The Balaban J connectivity index is 2.21. The lowest BCUT2D eigenvalue weighted by molar-refractivity contribution is -0.0969. The molecule has 3 rings (SSSR count). The number of carbonyl (C=O) groups excluding carboxylic acids is 1. The highest BCUT2D eigenvalue weighted by atomic mass is 16.7. The number of H-pyrrole nitrogens is 1. The van der Waals surface area contributed by atoms with Crippen molar-refractivity contribution >= 4 is 5.91 Å². The molecule has 1 heterocycles. The van der Waals surface area contributed by atoms with Gasteiger partial charge in [-0.15, -0.1) is 0 Å². The second-order valence-electron chi connectivity index (χ2n) is 7.16. The lowest BCUT2D eigenvalue weighted by Gasteiger charge is -2.22. The third-order valence-corrected chi connectivity index (χ3v) is 4.66. The van der Waals surface area contributed by atoms with Gasteiger partial charge in [0.15, 0.2) is 0 Å². The molecule has 0 aliphatic carbocycles. The molecule has 1 N–H and O–H groups in total. The van der Waals surface area contributed by atoms with Crippen molar-refractivity contribution in [3.63, 3.8) is 0 Å². The Hall–Kier alpha value is -3.25. The summed E-state index contributed by atoms with van der Waals surface area (Å²) in [6, 6.07) is 18.8. The van der Waals surface area contributed by atoms with Crippen LogP contribution in [-0.4, -0.2) is 34.8 Å². The number of hydrogen-bond donors (Lipinski definition) is 1. The maximum Gasteiger partial charge on any atom is 0.283 e. The minimum Gasteiger partial charge on any atom is -0.274 e. The van der Waals surface area contributed by atoms with Gasteiger partial charge in [-0.3, -0.25) is 14.4 Å². The van der Waals surface area contributed by atoms with E-state index in [1.807, 2.05) is 60.7 Å². The largest absolute Gasteiger partial charge is 0.283 e. The molecule has 0 aliphatic heterocycles.